The second-order valence-electron chi connectivity index (χ2n) is 8.42. The maximum atomic E-state index is 12.8. The van der Waals surface area contributed by atoms with E-state index in [1.807, 2.05) is 15.5 Å². The third-order valence-electron chi connectivity index (χ3n) is 6.17. The Labute approximate surface area is 184 Å². The minimum Gasteiger partial charge on any atom is -0.493 e. The van der Waals surface area contributed by atoms with E-state index in [1.54, 1.807) is 12.1 Å². The number of likely N-dealkylation sites (tertiary alicyclic amines) is 1. The molecule has 31 heavy (non-hydrogen) atoms. The molecule has 0 spiro atoms. The molecule has 4 heterocycles. The van der Waals surface area contributed by atoms with Crippen molar-refractivity contribution in [2.75, 3.05) is 18.8 Å². The van der Waals surface area contributed by atoms with Gasteiger partial charge in [0.15, 0.2) is 5.16 Å². The van der Waals surface area contributed by atoms with Gasteiger partial charge in [0.2, 0.25) is 11.8 Å². The molecule has 2 bridgehead atoms. The monoisotopic (exact) mass is 444 g/mol. The lowest BCUT2D eigenvalue weighted by atomic mass is 9.83. The number of rotatable bonds is 7. The number of nitrogens with zero attached hydrogens (tertiary/aromatic N) is 3. The second kappa shape index (κ2) is 9.30. The Hall–Kier alpha value is -2.55. The third kappa shape index (κ3) is 4.71. The molecule has 2 aromatic heterocycles. The molecule has 0 radical (unpaired) electrons. The van der Waals surface area contributed by atoms with E-state index in [-0.39, 0.29) is 45.7 Å². The lowest BCUT2D eigenvalue weighted by molar-refractivity contribution is -0.131. The molecule has 0 saturated carbocycles. The van der Waals surface area contributed by atoms with Crippen molar-refractivity contribution in [3.05, 3.63) is 50.2 Å². The van der Waals surface area contributed by atoms with Crippen LogP contribution in [0.1, 0.15) is 49.8 Å². The van der Waals surface area contributed by atoms with Gasteiger partial charge in [-0.15, -0.1) is 0 Å². The molecule has 166 valence electrons. The second-order valence-corrected chi connectivity index (χ2v) is 9.38. The Morgan fingerprint density at radius 2 is 2.10 bits per heavy atom. The molecule has 2 aromatic rings. The molecule has 1 fully saturated rings. The molecule has 2 aliphatic rings. The van der Waals surface area contributed by atoms with Crippen LogP contribution in [0.5, 0.6) is 5.88 Å². The lowest BCUT2D eigenvalue weighted by Gasteiger charge is -2.42. The topological polar surface area (TPSA) is 108 Å². The van der Waals surface area contributed by atoms with Gasteiger partial charge in [0, 0.05) is 37.3 Å². The van der Waals surface area contributed by atoms with E-state index in [2.05, 4.69) is 16.9 Å². The van der Waals surface area contributed by atoms with E-state index in [1.165, 1.54) is 0 Å². The molecule has 2 aliphatic heterocycles. The fraction of sp³-hybridized carbons (Fsp3) is 0.545. The van der Waals surface area contributed by atoms with Gasteiger partial charge >= 0.3 is 0 Å². The number of nitrogens with one attached hydrogen (secondary N) is 1. The van der Waals surface area contributed by atoms with Gasteiger partial charge in [0.25, 0.3) is 11.1 Å². The minimum atomic E-state index is -0.340. The summed E-state index contributed by atoms with van der Waals surface area (Å²) in [5.41, 5.74) is 0.994. The highest BCUT2D eigenvalue weighted by molar-refractivity contribution is 7.99. The van der Waals surface area contributed by atoms with Crippen LogP contribution in [0.4, 0.5) is 0 Å². The number of H-pyrrole nitrogens is 1. The molecule has 1 saturated heterocycles. The summed E-state index contributed by atoms with van der Waals surface area (Å²) in [6.07, 6.45) is 4.32. The highest BCUT2D eigenvalue weighted by Gasteiger charge is 2.36. The number of amides is 1. The average Bonchev–Trinajstić information content (AvgIpc) is 2.74. The van der Waals surface area contributed by atoms with Gasteiger partial charge in [-0.25, -0.2) is 0 Å². The van der Waals surface area contributed by atoms with Gasteiger partial charge in [0.1, 0.15) is 0 Å². The Bertz CT molecular complexity index is 1080. The van der Waals surface area contributed by atoms with Crippen molar-refractivity contribution in [1.29, 1.82) is 0 Å². The first-order chi connectivity index (χ1) is 15.0. The smallest absolute Gasteiger partial charge is 0.258 e. The number of thioether (sulfide) groups is 1. The molecule has 8 nitrogen and oxygen atoms in total. The molecule has 9 heteroatoms. The van der Waals surface area contributed by atoms with E-state index in [9.17, 15) is 19.5 Å². The zero-order valence-electron chi connectivity index (χ0n) is 17.7. The largest absolute Gasteiger partial charge is 0.493 e. The maximum Gasteiger partial charge on any atom is 0.258 e. The van der Waals surface area contributed by atoms with Gasteiger partial charge in [-0.05, 0) is 31.2 Å². The zero-order chi connectivity index (χ0) is 22.0. The number of carbonyl (C=O) groups excluding carboxylic acids is 1. The van der Waals surface area contributed by atoms with Gasteiger partial charge in [-0.3, -0.25) is 14.4 Å². The average molecular weight is 445 g/mol. The van der Waals surface area contributed by atoms with Gasteiger partial charge in [-0.2, -0.15) is 4.98 Å². The number of piperidine rings is 1. The van der Waals surface area contributed by atoms with Crippen molar-refractivity contribution < 1.29 is 9.90 Å². The highest BCUT2D eigenvalue weighted by atomic mass is 32.2. The minimum absolute atomic E-state index is 0.0236. The first-order valence-corrected chi connectivity index (χ1v) is 11.9. The van der Waals surface area contributed by atoms with E-state index in [0.717, 1.165) is 43.1 Å². The predicted octanol–water partition coefficient (Wildman–Crippen LogP) is 2.11. The number of fused-ring (bicyclic) bond motifs is 4. The van der Waals surface area contributed by atoms with Crippen LogP contribution >= 0.6 is 11.8 Å². The van der Waals surface area contributed by atoms with Crippen LogP contribution in [0, 0.1) is 5.92 Å². The zero-order valence-corrected chi connectivity index (χ0v) is 18.5. The fourth-order valence-corrected chi connectivity index (χ4v) is 5.39. The van der Waals surface area contributed by atoms with Crippen molar-refractivity contribution in [2.24, 2.45) is 5.92 Å². The summed E-state index contributed by atoms with van der Waals surface area (Å²) in [4.78, 5) is 45.9. The number of unbranched alkanes of at least 4 members (excludes halogenated alkanes) is 2. The molecule has 0 unspecified atom stereocenters. The van der Waals surface area contributed by atoms with Crippen LogP contribution in [0.3, 0.4) is 0 Å². The number of aromatic nitrogens is 3. The number of hydrogen-bond donors (Lipinski definition) is 2. The van der Waals surface area contributed by atoms with E-state index >= 15 is 0 Å². The summed E-state index contributed by atoms with van der Waals surface area (Å²) < 4.78 is 1.84. The number of aromatic hydroxyl groups is 1. The molecule has 2 N–H and O–H groups in total. The normalized spacial score (nSPS) is 19.8. The Morgan fingerprint density at radius 1 is 1.26 bits per heavy atom. The van der Waals surface area contributed by atoms with Crippen LogP contribution in [0.15, 0.2) is 32.9 Å². The highest BCUT2D eigenvalue weighted by Crippen LogP contribution is 2.35. The first-order valence-electron chi connectivity index (χ1n) is 10.9. The number of aromatic amines is 1. The van der Waals surface area contributed by atoms with E-state index in [0.29, 0.717) is 31.6 Å². The first kappa shape index (κ1) is 21.7. The van der Waals surface area contributed by atoms with Crippen molar-refractivity contribution in [1.82, 2.24) is 19.4 Å². The predicted molar refractivity (Wildman–Crippen MR) is 119 cm³/mol. The summed E-state index contributed by atoms with van der Waals surface area (Å²) in [5.74, 6) is 0.299. The van der Waals surface area contributed by atoms with Crippen LogP contribution < -0.4 is 11.1 Å². The molecule has 0 aromatic carbocycles. The standard InChI is InChI=1S/C22H28N4O4S/c1-2-3-4-6-16-20(29)23-22(24-21(16)30)31-13-19(28)25-10-14-9-15(12-25)17-7-5-8-18(27)26(17)11-14/h5,7-8,14-15H,2-4,6,9-13H2,1H3,(H2,23,24,29,30)/t14-,15+/m0/s1. The molecule has 4 rings (SSSR count). The van der Waals surface area contributed by atoms with Gasteiger partial charge in [-0.1, -0.05) is 37.6 Å². The summed E-state index contributed by atoms with van der Waals surface area (Å²) in [6.45, 7) is 3.94. The third-order valence-corrected chi connectivity index (χ3v) is 7.03. The van der Waals surface area contributed by atoms with Gasteiger partial charge < -0.3 is 19.6 Å². The van der Waals surface area contributed by atoms with Crippen LogP contribution in [0.25, 0.3) is 0 Å². The van der Waals surface area contributed by atoms with E-state index < -0.39 is 0 Å². The quantitative estimate of drug-likeness (QED) is 0.385. The molecule has 0 aliphatic carbocycles. The Morgan fingerprint density at radius 3 is 2.87 bits per heavy atom. The Balaban J connectivity index is 1.39. The summed E-state index contributed by atoms with van der Waals surface area (Å²) in [7, 11) is 0. The lowest BCUT2D eigenvalue weighted by Crippen LogP contribution is -2.49. The van der Waals surface area contributed by atoms with Crippen LogP contribution in [-0.4, -0.2) is 49.3 Å². The van der Waals surface area contributed by atoms with E-state index in [4.69, 9.17) is 0 Å². The maximum absolute atomic E-state index is 12.8. The van der Waals surface area contributed by atoms with Crippen LogP contribution in [0.2, 0.25) is 0 Å². The van der Waals surface area contributed by atoms with Crippen molar-refractivity contribution in [3.63, 3.8) is 0 Å². The summed E-state index contributed by atoms with van der Waals surface area (Å²) >= 11 is 1.13. The number of hydrogen-bond acceptors (Lipinski definition) is 6. The van der Waals surface area contributed by atoms with Crippen molar-refractivity contribution >= 4 is 17.7 Å². The van der Waals surface area contributed by atoms with Crippen molar-refractivity contribution in [2.45, 2.75) is 56.6 Å². The molecule has 1 amide bonds. The van der Waals surface area contributed by atoms with Gasteiger partial charge in [0.05, 0.1) is 11.3 Å². The Kier molecular flexibility index (Phi) is 6.50. The molecular formula is C22H28N4O4S. The number of pyridine rings is 1. The fourth-order valence-electron chi connectivity index (χ4n) is 4.63. The van der Waals surface area contributed by atoms with Crippen molar-refractivity contribution in [3.8, 4) is 5.88 Å². The van der Waals surface area contributed by atoms with Crippen LogP contribution in [-0.2, 0) is 17.8 Å². The summed E-state index contributed by atoms with van der Waals surface area (Å²) in [5, 5.41) is 10.4. The number of carbonyl (C=O) groups is 1. The molecular weight excluding hydrogens is 416 g/mol. The molecule has 2 atom stereocenters. The SMILES string of the molecule is CCCCCc1c(O)nc(SCC(=O)N2C[C@@H]3C[C@H](C2)c2cccc(=O)n2C3)[nH]c1=O. The summed E-state index contributed by atoms with van der Waals surface area (Å²) in [6, 6.07) is 5.35.